The molecule has 4 atom stereocenters. The molecule has 198 valence electrons. The minimum atomic E-state index is -4.10. The molecule has 11 nitrogen and oxygen atoms in total. The van der Waals surface area contributed by atoms with Crippen LogP contribution < -0.4 is 5.32 Å². The van der Waals surface area contributed by atoms with Crippen LogP contribution in [0.15, 0.2) is 30.3 Å². The first kappa shape index (κ1) is 27.4. The molecule has 0 radical (unpaired) electrons. The normalized spacial score (nSPS) is 24.2. The van der Waals surface area contributed by atoms with Gasteiger partial charge in [-0.25, -0.2) is 18.0 Å². The SMILES string of the molecule is CCCCCC(=O)OC(C)OC(=O)[C@@H]1N2C(=O)[C@@H](NC(=O)OCc3ccccc3)[C@H]2S(=O)(=O)C1(C)C. The molecule has 2 saturated heterocycles. The molecule has 0 spiro atoms. The number of rotatable bonds is 10. The largest absolute Gasteiger partial charge is 0.445 e. The number of alkyl carbamates (subject to hydrolysis) is 1. The van der Waals surface area contributed by atoms with Crippen LogP contribution in [0.25, 0.3) is 0 Å². The van der Waals surface area contributed by atoms with Gasteiger partial charge in [0.05, 0.1) is 0 Å². The van der Waals surface area contributed by atoms with Crippen molar-refractivity contribution in [1.29, 1.82) is 0 Å². The molecule has 2 aliphatic rings. The third-order valence-electron chi connectivity index (χ3n) is 6.34. The van der Waals surface area contributed by atoms with Crippen molar-refractivity contribution in [3.63, 3.8) is 0 Å². The molecule has 0 saturated carbocycles. The van der Waals surface area contributed by atoms with E-state index in [0.29, 0.717) is 12.0 Å². The summed E-state index contributed by atoms with van der Waals surface area (Å²) in [5.74, 6) is -2.31. The summed E-state index contributed by atoms with van der Waals surface area (Å²) in [4.78, 5) is 50.8. The molecule has 0 aliphatic carbocycles. The predicted molar refractivity (Wildman–Crippen MR) is 127 cm³/mol. The van der Waals surface area contributed by atoms with Crippen LogP contribution in [0.3, 0.4) is 0 Å². The van der Waals surface area contributed by atoms with Gasteiger partial charge in [0.15, 0.2) is 15.2 Å². The lowest BCUT2D eigenvalue weighted by atomic mass is 9.96. The van der Waals surface area contributed by atoms with Gasteiger partial charge in [0.25, 0.3) is 0 Å². The van der Waals surface area contributed by atoms with E-state index in [1.54, 1.807) is 30.3 Å². The predicted octanol–water partition coefficient (Wildman–Crippen LogP) is 2.04. The highest BCUT2D eigenvalue weighted by atomic mass is 32.2. The Kier molecular flexibility index (Phi) is 8.27. The van der Waals surface area contributed by atoms with Crippen molar-refractivity contribution in [1.82, 2.24) is 10.2 Å². The molecule has 0 aromatic heterocycles. The summed E-state index contributed by atoms with van der Waals surface area (Å²) in [6.45, 7) is 5.89. The zero-order valence-electron chi connectivity index (χ0n) is 20.8. The van der Waals surface area contributed by atoms with E-state index in [4.69, 9.17) is 14.2 Å². The topological polar surface area (TPSA) is 145 Å². The van der Waals surface area contributed by atoms with Crippen molar-refractivity contribution in [3.05, 3.63) is 35.9 Å². The van der Waals surface area contributed by atoms with Crippen molar-refractivity contribution in [2.75, 3.05) is 0 Å². The van der Waals surface area contributed by atoms with Crippen LogP contribution in [0.4, 0.5) is 4.79 Å². The number of carbonyl (C=O) groups is 4. The molecule has 0 bridgehead atoms. The van der Waals surface area contributed by atoms with Crippen molar-refractivity contribution in [2.45, 2.75) is 88.5 Å². The van der Waals surface area contributed by atoms with Crippen LogP contribution in [0.1, 0.15) is 58.9 Å². The van der Waals surface area contributed by atoms with Gasteiger partial charge in [-0.3, -0.25) is 9.59 Å². The van der Waals surface area contributed by atoms with Crippen LogP contribution >= 0.6 is 0 Å². The second-order valence-corrected chi connectivity index (χ2v) is 11.9. The Hall–Kier alpha value is -3.15. The number of hydrogen-bond acceptors (Lipinski definition) is 9. The van der Waals surface area contributed by atoms with Crippen LogP contribution in [0, 0.1) is 0 Å². The minimum Gasteiger partial charge on any atom is -0.445 e. The highest BCUT2D eigenvalue weighted by Crippen LogP contribution is 2.46. The third kappa shape index (κ3) is 5.32. The number of unbranched alkanes of at least 4 members (excludes halogenated alkanes) is 2. The van der Waals surface area contributed by atoms with E-state index in [-0.39, 0.29) is 13.0 Å². The maximum Gasteiger partial charge on any atom is 0.408 e. The molecule has 2 fully saturated rings. The maximum atomic E-state index is 13.2. The lowest BCUT2D eigenvalue weighted by Gasteiger charge is -2.42. The Morgan fingerprint density at radius 2 is 1.78 bits per heavy atom. The number of carbonyl (C=O) groups excluding carboxylic acids is 4. The van der Waals surface area contributed by atoms with Crippen LogP contribution in [-0.4, -0.2) is 65.8 Å². The van der Waals surface area contributed by atoms with Gasteiger partial charge >= 0.3 is 18.0 Å². The number of hydrogen-bond donors (Lipinski definition) is 1. The monoisotopic (exact) mass is 524 g/mol. The molecule has 3 rings (SSSR count). The van der Waals surface area contributed by atoms with Gasteiger partial charge in [0, 0.05) is 13.3 Å². The molecule has 1 unspecified atom stereocenters. The van der Waals surface area contributed by atoms with Gasteiger partial charge in [-0.05, 0) is 25.8 Å². The Morgan fingerprint density at radius 3 is 2.42 bits per heavy atom. The molecule has 2 heterocycles. The standard InChI is InChI=1S/C24H32N2O9S/c1-5-6-8-13-17(27)34-15(2)35-22(29)19-24(3,4)36(31,32)21-18(20(28)26(19)21)25-23(30)33-14-16-11-9-7-10-12-16/h7,9-12,15,18-19,21H,5-6,8,13-14H2,1-4H3,(H,25,30)/t15?,18-,19+,21-/m1/s1. The van der Waals surface area contributed by atoms with Crippen LogP contribution in [-0.2, 0) is 45.0 Å². The summed E-state index contributed by atoms with van der Waals surface area (Å²) in [7, 11) is -4.10. The van der Waals surface area contributed by atoms with E-state index in [2.05, 4.69) is 5.32 Å². The Labute approximate surface area is 210 Å². The molecular formula is C24H32N2O9S. The number of fused-ring (bicyclic) bond motifs is 1. The molecule has 12 heteroatoms. The van der Waals surface area contributed by atoms with Crippen molar-refractivity contribution in [2.24, 2.45) is 0 Å². The van der Waals surface area contributed by atoms with Crippen molar-refractivity contribution in [3.8, 4) is 0 Å². The average molecular weight is 525 g/mol. The summed E-state index contributed by atoms with van der Waals surface area (Å²) in [5, 5.41) is 0.849. The average Bonchev–Trinajstić information content (AvgIpc) is 2.96. The summed E-state index contributed by atoms with van der Waals surface area (Å²) in [6.07, 6.45) is 0.358. The van der Waals surface area contributed by atoms with Crippen molar-refractivity contribution < 1.29 is 41.8 Å². The van der Waals surface area contributed by atoms with Crippen LogP contribution in [0.2, 0.25) is 0 Å². The first-order valence-corrected chi connectivity index (χ1v) is 13.4. The molecular weight excluding hydrogens is 492 g/mol. The summed E-state index contributed by atoms with van der Waals surface area (Å²) in [5.41, 5.74) is 0.715. The summed E-state index contributed by atoms with van der Waals surface area (Å²) >= 11 is 0. The number of sulfone groups is 1. The molecule has 2 aliphatic heterocycles. The number of amides is 2. The number of β-lactam (4-membered cyclic amide) rings is 1. The van der Waals surface area contributed by atoms with Gasteiger partial charge in [0.2, 0.25) is 12.2 Å². The summed E-state index contributed by atoms with van der Waals surface area (Å²) < 4.78 is 40.1. The zero-order chi connectivity index (χ0) is 26.7. The number of esters is 2. The number of benzene rings is 1. The van der Waals surface area contributed by atoms with Gasteiger partial charge in [0.1, 0.15) is 23.4 Å². The Balaban J connectivity index is 1.64. The Bertz CT molecular complexity index is 1100. The highest BCUT2D eigenvalue weighted by molar-refractivity contribution is 7.94. The zero-order valence-corrected chi connectivity index (χ0v) is 21.6. The fourth-order valence-electron chi connectivity index (χ4n) is 4.33. The lowest BCUT2D eigenvalue weighted by Crippen LogP contribution is -2.72. The molecule has 1 N–H and O–H groups in total. The van der Waals surface area contributed by atoms with Gasteiger partial charge < -0.3 is 24.4 Å². The molecule has 1 aromatic carbocycles. The molecule has 1 aromatic rings. The smallest absolute Gasteiger partial charge is 0.408 e. The van der Waals surface area contributed by atoms with Gasteiger partial charge in [-0.1, -0.05) is 50.1 Å². The van der Waals surface area contributed by atoms with E-state index < -0.39 is 62.3 Å². The molecule has 36 heavy (non-hydrogen) atoms. The molecule has 2 amide bonds. The quantitative estimate of drug-likeness (QED) is 0.210. The fraction of sp³-hybridized carbons (Fsp3) is 0.583. The Morgan fingerprint density at radius 1 is 1.11 bits per heavy atom. The van der Waals surface area contributed by atoms with Gasteiger partial charge in [-0.15, -0.1) is 0 Å². The third-order valence-corrected chi connectivity index (χ3v) is 9.17. The first-order valence-electron chi connectivity index (χ1n) is 11.8. The summed E-state index contributed by atoms with van der Waals surface area (Å²) in [6, 6.07) is 5.96. The van der Waals surface area contributed by atoms with E-state index in [1.165, 1.54) is 20.8 Å². The fourth-order valence-corrected chi connectivity index (χ4v) is 6.54. The van der Waals surface area contributed by atoms with E-state index in [1.807, 2.05) is 6.92 Å². The first-order chi connectivity index (χ1) is 16.9. The van der Waals surface area contributed by atoms with E-state index >= 15 is 0 Å². The van der Waals surface area contributed by atoms with E-state index in [9.17, 15) is 27.6 Å². The van der Waals surface area contributed by atoms with Gasteiger partial charge in [-0.2, -0.15) is 0 Å². The maximum absolute atomic E-state index is 13.2. The van der Waals surface area contributed by atoms with Crippen molar-refractivity contribution >= 4 is 33.8 Å². The van der Waals surface area contributed by atoms with E-state index in [0.717, 1.165) is 17.7 Å². The number of nitrogens with zero attached hydrogens (tertiary/aromatic N) is 1. The second kappa shape index (κ2) is 10.9. The number of nitrogens with one attached hydrogen (secondary N) is 1. The minimum absolute atomic E-state index is 0.0653. The lowest BCUT2D eigenvalue weighted by molar-refractivity contribution is -0.191. The second-order valence-electron chi connectivity index (χ2n) is 9.32. The number of ether oxygens (including phenoxy) is 3. The highest BCUT2D eigenvalue weighted by Gasteiger charge is 2.73. The van der Waals surface area contributed by atoms with Crippen LogP contribution in [0.5, 0.6) is 0 Å².